The molecule has 0 radical (unpaired) electrons. The quantitative estimate of drug-likeness (QED) is 0.656. The first-order chi connectivity index (χ1) is 11.8. The molecule has 0 aliphatic carbocycles. The second kappa shape index (κ2) is 8.37. The number of piperazine rings is 1. The van der Waals surface area contributed by atoms with Gasteiger partial charge in [0.05, 0.1) is 7.11 Å². The number of rotatable bonds is 4. The standard InChI is InChI=1S/C16H24F3N5O/c1-12(16(17,18)19)23-6-8-24(9-7-23)15(20-2)22-11-13-4-5-14(25-3)21-10-13/h4-5,10,12H,6-9,11H2,1-3H3,(H,20,22). The van der Waals surface area contributed by atoms with E-state index in [1.165, 1.54) is 11.8 Å². The first-order valence-electron chi connectivity index (χ1n) is 8.10. The Morgan fingerprint density at radius 2 is 2.00 bits per heavy atom. The molecule has 1 aromatic rings. The van der Waals surface area contributed by atoms with E-state index in [1.807, 2.05) is 11.0 Å². The van der Waals surface area contributed by atoms with Crippen LogP contribution in [0.5, 0.6) is 5.88 Å². The van der Waals surface area contributed by atoms with Gasteiger partial charge < -0.3 is 15.0 Å². The van der Waals surface area contributed by atoms with Crippen molar-refractivity contribution in [2.24, 2.45) is 4.99 Å². The third-order valence-electron chi connectivity index (χ3n) is 4.30. The topological polar surface area (TPSA) is 53.0 Å². The molecule has 0 saturated carbocycles. The van der Waals surface area contributed by atoms with E-state index in [0.29, 0.717) is 44.6 Å². The highest BCUT2D eigenvalue weighted by molar-refractivity contribution is 5.80. The Hall–Kier alpha value is -2.03. The Morgan fingerprint density at radius 1 is 1.32 bits per heavy atom. The van der Waals surface area contributed by atoms with Crippen molar-refractivity contribution in [3.05, 3.63) is 23.9 Å². The smallest absolute Gasteiger partial charge is 0.403 e. The number of aromatic nitrogens is 1. The Morgan fingerprint density at radius 3 is 2.48 bits per heavy atom. The van der Waals surface area contributed by atoms with Gasteiger partial charge in [0.2, 0.25) is 5.88 Å². The zero-order chi connectivity index (χ0) is 18.4. The van der Waals surface area contributed by atoms with Gasteiger partial charge in [0.1, 0.15) is 6.04 Å². The molecule has 25 heavy (non-hydrogen) atoms. The van der Waals surface area contributed by atoms with E-state index in [1.54, 1.807) is 26.4 Å². The molecule has 2 rings (SSSR count). The van der Waals surface area contributed by atoms with Crippen LogP contribution in [-0.2, 0) is 6.54 Å². The second-order valence-corrected chi connectivity index (χ2v) is 5.85. The number of ether oxygens (including phenoxy) is 1. The number of alkyl halides is 3. The van der Waals surface area contributed by atoms with Crippen molar-refractivity contribution in [1.29, 1.82) is 0 Å². The van der Waals surface area contributed by atoms with Crippen molar-refractivity contribution in [3.8, 4) is 5.88 Å². The number of methoxy groups -OCH3 is 1. The Bertz CT molecular complexity index is 568. The predicted molar refractivity (Wildman–Crippen MR) is 89.7 cm³/mol. The van der Waals surface area contributed by atoms with E-state index in [0.717, 1.165) is 5.56 Å². The van der Waals surface area contributed by atoms with E-state index < -0.39 is 12.2 Å². The zero-order valence-electron chi connectivity index (χ0n) is 14.7. The molecule has 140 valence electrons. The third kappa shape index (κ3) is 5.22. The molecule has 1 aliphatic heterocycles. The van der Waals surface area contributed by atoms with Crippen LogP contribution in [0.1, 0.15) is 12.5 Å². The maximum absolute atomic E-state index is 12.8. The van der Waals surface area contributed by atoms with Gasteiger partial charge in [-0.3, -0.25) is 9.89 Å². The molecule has 1 saturated heterocycles. The number of aliphatic imine (C=N–C) groups is 1. The first-order valence-corrected chi connectivity index (χ1v) is 8.10. The van der Waals surface area contributed by atoms with Gasteiger partial charge in [0.15, 0.2) is 5.96 Å². The summed E-state index contributed by atoms with van der Waals surface area (Å²) < 4.78 is 43.5. The lowest BCUT2D eigenvalue weighted by Gasteiger charge is -2.39. The summed E-state index contributed by atoms with van der Waals surface area (Å²) in [5.41, 5.74) is 0.964. The SMILES string of the molecule is CN=C(NCc1ccc(OC)nc1)N1CCN(C(C)C(F)(F)F)CC1. The van der Waals surface area contributed by atoms with Crippen molar-refractivity contribution >= 4 is 5.96 Å². The lowest BCUT2D eigenvalue weighted by atomic mass is 10.2. The summed E-state index contributed by atoms with van der Waals surface area (Å²) in [4.78, 5) is 11.8. The molecule has 0 bridgehead atoms. The highest BCUT2D eigenvalue weighted by Crippen LogP contribution is 2.25. The first kappa shape index (κ1) is 19.3. The summed E-state index contributed by atoms with van der Waals surface area (Å²) in [5.74, 6) is 1.22. The Labute approximate surface area is 145 Å². The average molecular weight is 359 g/mol. The van der Waals surface area contributed by atoms with Gasteiger partial charge in [-0.25, -0.2) is 4.98 Å². The summed E-state index contributed by atoms with van der Waals surface area (Å²) in [7, 11) is 3.22. The minimum absolute atomic E-state index is 0.353. The molecule has 9 heteroatoms. The van der Waals surface area contributed by atoms with Crippen LogP contribution in [0, 0.1) is 0 Å². The van der Waals surface area contributed by atoms with E-state index >= 15 is 0 Å². The van der Waals surface area contributed by atoms with Crippen LogP contribution in [-0.4, -0.2) is 73.3 Å². The van der Waals surface area contributed by atoms with Crippen LogP contribution in [0.2, 0.25) is 0 Å². The van der Waals surface area contributed by atoms with Crippen LogP contribution in [0.3, 0.4) is 0 Å². The number of pyridine rings is 1. The molecule has 6 nitrogen and oxygen atoms in total. The van der Waals surface area contributed by atoms with Crippen molar-refractivity contribution in [2.45, 2.75) is 25.7 Å². The molecule has 2 heterocycles. The molecule has 0 aromatic carbocycles. The van der Waals surface area contributed by atoms with Crippen LogP contribution in [0.25, 0.3) is 0 Å². The normalized spacial score (nSPS) is 18.2. The molecule has 1 aliphatic rings. The summed E-state index contributed by atoms with van der Waals surface area (Å²) in [6, 6.07) is 2.25. The number of nitrogens with zero attached hydrogens (tertiary/aromatic N) is 4. The highest BCUT2D eigenvalue weighted by atomic mass is 19.4. The predicted octanol–water partition coefficient (Wildman–Crippen LogP) is 1.73. The van der Waals surface area contributed by atoms with Crippen molar-refractivity contribution in [1.82, 2.24) is 20.1 Å². The Balaban J connectivity index is 1.85. The third-order valence-corrected chi connectivity index (χ3v) is 4.30. The molecule has 0 amide bonds. The molecular weight excluding hydrogens is 335 g/mol. The van der Waals surface area contributed by atoms with E-state index in [4.69, 9.17) is 4.74 Å². The van der Waals surface area contributed by atoms with Crippen molar-refractivity contribution in [2.75, 3.05) is 40.3 Å². The number of nitrogens with one attached hydrogen (secondary N) is 1. The molecule has 1 fully saturated rings. The molecule has 0 spiro atoms. The Kier molecular flexibility index (Phi) is 6.46. The summed E-state index contributed by atoms with van der Waals surface area (Å²) >= 11 is 0. The van der Waals surface area contributed by atoms with Gasteiger partial charge in [0, 0.05) is 52.0 Å². The summed E-state index contributed by atoms with van der Waals surface area (Å²) in [5, 5.41) is 3.22. The van der Waals surface area contributed by atoms with Gasteiger partial charge in [-0.1, -0.05) is 6.07 Å². The average Bonchev–Trinajstić information content (AvgIpc) is 2.62. The van der Waals surface area contributed by atoms with E-state index in [-0.39, 0.29) is 0 Å². The van der Waals surface area contributed by atoms with Gasteiger partial charge >= 0.3 is 6.18 Å². The fourth-order valence-corrected chi connectivity index (χ4v) is 2.68. The van der Waals surface area contributed by atoms with Gasteiger partial charge in [-0.15, -0.1) is 0 Å². The fourth-order valence-electron chi connectivity index (χ4n) is 2.68. The maximum Gasteiger partial charge on any atom is 0.403 e. The molecule has 1 atom stereocenters. The molecule has 1 unspecified atom stereocenters. The number of guanidine groups is 1. The van der Waals surface area contributed by atoms with Crippen LogP contribution >= 0.6 is 0 Å². The van der Waals surface area contributed by atoms with Crippen LogP contribution < -0.4 is 10.1 Å². The van der Waals surface area contributed by atoms with E-state index in [9.17, 15) is 13.2 Å². The van der Waals surface area contributed by atoms with Crippen molar-refractivity contribution in [3.63, 3.8) is 0 Å². The number of hydrogen-bond donors (Lipinski definition) is 1. The number of halogens is 3. The van der Waals surface area contributed by atoms with Gasteiger partial charge in [0.25, 0.3) is 0 Å². The monoisotopic (exact) mass is 359 g/mol. The van der Waals surface area contributed by atoms with Crippen LogP contribution in [0.15, 0.2) is 23.3 Å². The maximum atomic E-state index is 12.8. The second-order valence-electron chi connectivity index (χ2n) is 5.85. The lowest BCUT2D eigenvalue weighted by molar-refractivity contribution is -0.181. The van der Waals surface area contributed by atoms with Crippen molar-refractivity contribution < 1.29 is 17.9 Å². The molecule has 1 N–H and O–H groups in total. The summed E-state index contributed by atoms with van der Waals surface area (Å²) in [6.45, 7) is 3.45. The molecule has 1 aromatic heterocycles. The minimum Gasteiger partial charge on any atom is -0.481 e. The number of hydrogen-bond acceptors (Lipinski definition) is 4. The van der Waals surface area contributed by atoms with Gasteiger partial charge in [-0.2, -0.15) is 13.2 Å². The zero-order valence-corrected chi connectivity index (χ0v) is 14.7. The fraction of sp³-hybridized carbons (Fsp3) is 0.625. The summed E-state index contributed by atoms with van der Waals surface area (Å²) in [6.07, 6.45) is -2.48. The highest BCUT2D eigenvalue weighted by Gasteiger charge is 2.41. The van der Waals surface area contributed by atoms with E-state index in [2.05, 4.69) is 15.3 Å². The largest absolute Gasteiger partial charge is 0.481 e. The minimum atomic E-state index is -4.19. The lowest BCUT2D eigenvalue weighted by Crippen LogP contribution is -2.56. The van der Waals surface area contributed by atoms with Crippen LogP contribution in [0.4, 0.5) is 13.2 Å². The van der Waals surface area contributed by atoms with Gasteiger partial charge in [-0.05, 0) is 12.5 Å². The molecular formula is C16H24F3N5O.